The predicted molar refractivity (Wildman–Crippen MR) is 102 cm³/mol. The number of rotatable bonds is 3. The maximum atomic E-state index is 13.0. The number of aromatic hydroxyl groups is 1. The molecule has 0 bridgehead atoms. The number of aromatic amines is 1. The van der Waals surface area contributed by atoms with Gasteiger partial charge in [-0.3, -0.25) is 9.56 Å². The Morgan fingerprint density at radius 3 is 2.77 bits per heavy atom. The molecule has 1 aromatic heterocycles. The van der Waals surface area contributed by atoms with Crippen LogP contribution in [0.5, 0.6) is 5.88 Å². The summed E-state index contributed by atoms with van der Waals surface area (Å²) in [5, 5.41) is 10.4. The average molecular weight is 414 g/mol. The molecule has 0 atom stereocenters. The van der Waals surface area contributed by atoms with Gasteiger partial charge in [0, 0.05) is 21.8 Å². The number of halogens is 2. The zero-order valence-corrected chi connectivity index (χ0v) is 15.0. The number of hydrogen-bond acceptors (Lipinski definition) is 3. The molecule has 0 aliphatic carbocycles. The van der Waals surface area contributed by atoms with Gasteiger partial charge in [0.25, 0.3) is 0 Å². The molecule has 0 spiro atoms. The molecule has 0 saturated heterocycles. The Morgan fingerprint density at radius 1 is 1.23 bits per heavy atom. The predicted octanol–water partition coefficient (Wildman–Crippen LogP) is 4.09. The Hall–Kier alpha value is -2.93. The van der Waals surface area contributed by atoms with E-state index in [9.17, 15) is 14.3 Å². The van der Waals surface area contributed by atoms with Gasteiger partial charge in [0.15, 0.2) is 0 Å². The molecule has 2 heterocycles. The van der Waals surface area contributed by atoms with Crippen LogP contribution in [0.25, 0.3) is 11.6 Å². The van der Waals surface area contributed by atoms with Crippen molar-refractivity contribution in [2.24, 2.45) is 4.99 Å². The third-order valence-corrected chi connectivity index (χ3v) is 4.64. The van der Waals surface area contributed by atoms with E-state index < -0.39 is 5.69 Å². The number of hydrogen-bond donors (Lipinski definition) is 2. The number of benzene rings is 2. The Bertz CT molecular complexity index is 1110. The zero-order chi connectivity index (χ0) is 18.3. The third-order valence-electron chi connectivity index (χ3n) is 4.15. The summed E-state index contributed by atoms with van der Waals surface area (Å²) >= 11 is 3.43. The van der Waals surface area contributed by atoms with E-state index in [0.717, 1.165) is 21.3 Å². The highest BCUT2D eigenvalue weighted by Gasteiger charge is 2.16. The van der Waals surface area contributed by atoms with Gasteiger partial charge in [0.1, 0.15) is 11.5 Å². The van der Waals surface area contributed by atoms with Crippen LogP contribution in [-0.2, 0) is 6.54 Å². The standard InChI is InChI=1S/C19H13BrFN3O2/c20-13-3-6-16-15(8-13)12(9-22-16)7-17-18(25)24(19(26)23-17)10-11-1-4-14(21)5-2-11/h1-9,25H,10H2,(H,23,26)/b12-7+. The van der Waals surface area contributed by atoms with Crippen molar-refractivity contribution in [2.75, 3.05) is 0 Å². The largest absolute Gasteiger partial charge is 0.493 e. The van der Waals surface area contributed by atoms with Crippen molar-refractivity contribution in [2.45, 2.75) is 6.54 Å². The van der Waals surface area contributed by atoms with Crippen molar-refractivity contribution in [1.82, 2.24) is 9.55 Å². The van der Waals surface area contributed by atoms with Gasteiger partial charge in [-0.2, -0.15) is 0 Å². The molecule has 7 heteroatoms. The summed E-state index contributed by atoms with van der Waals surface area (Å²) in [5.41, 5.74) is 3.08. The number of imidazole rings is 1. The van der Waals surface area contributed by atoms with E-state index in [1.54, 1.807) is 24.4 Å². The molecule has 2 N–H and O–H groups in total. The minimum Gasteiger partial charge on any atom is -0.493 e. The summed E-state index contributed by atoms with van der Waals surface area (Å²) in [7, 11) is 0. The molecule has 0 amide bonds. The van der Waals surface area contributed by atoms with E-state index in [1.165, 1.54) is 16.7 Å². The van der Waals surface area contributed by atoms with Crippen molar-refractivity contribution >= 4 is 39.5 Å². The molecule has 0 radical (unpaired) electrons. The first-order chi connectivity index (χ1) is 12.5. The molecule has 5 nitrogen and oxygen atoms in total. The fraction of sp³-hybridized carbons (Fsp3) is 0.0526. The van der Waals surface area contributed by atoms with Crippen LogP contribution < -0.4 is 5.69 Å². The molecular weight excluding hydrogens is 401 g/mol. The first-order valence-corrected chi connectivity index (χ1v) is 8.62. The first kappa shape index (κ1) is 16.5. The fourth-order valence-corrected chi connectivity index (χ4v) is 3.19. The Labute approximate surface area is 156 Å². The SMILES string of the molecule is O=c1[nH]c(/C=C2\C=Nc3ccc(Br)cc32)c(O)n1Cc1ccc(F)cc1. The number of nitrogens with one attached hydrogen (secondary N) is 1. The van der Waals surface area contributed by atoms with Gasteiger partial charge in [-0.25, -0.2) is 9.18 Å². The van der Waals surface area contributed by atoms with Crippen LogP contribution in [-0.4, -0.2) is 20.9 Å². The van der Waals surface area contributed by atoms with Gasteiger partial charge in [0.05, 0.1) is 12.2 Å². The van der Waals surface area contributed by atoms with Crippen molar-refractivity contribution < 1.29 is 9.50 Å². The van der Waals surface area contributed by atoms with E-state index in [4.69, 9.17) is 0 Å². The van der Waals surface area contributed by atoms with Gasteiger partial charge in [0.2, 0.25) is 5.88 Å². The van der Waals surface area contributed by atoms with Crippen LogP contribution in [0.3, 0.4) is 0 Å². The molecule has 4 rings (SSSR count). The van der Waals surface area contributed by atoms with E-state index in [0.29, 0.717) is 11.3 Å². The summed E-state index contributed by atoms with van der Waals surface area (Å²) in [4.78, 5) is 19.2. The number of allylic oxidation sites excluding steroid dienone is 1. The molecular formula is C19H13BrFN3O2. The highest BCUT2D eigenvalue weighted by molar-refractivity contribution is 9.10. The van der Waals surface area contributed by atoms with Gasteiger partial charge < -0.3 is 10.1 Å². The minimum absolute atomic E-state index is 0.140. The number of aromatic nitrogens is 2. The second-order valence-corrected chi connectivity index (χ2v) is 6.82. The minimum atomic E-state index is -0.442. The summed E-state index contributed by atoms with van der Waals surface area (Å²) in [6, 6.07) is 11.5. The lowest BCUT2D eigenvalue weighted by molar-refractivity contribution is 0.420. The van der Waals surface area contributed by atoms with Crippen LogP contribution in [0.1, 0.15) is 16.8 Å². The highest BCUT2D eigenvalue weighted by Crippen LogP contribution is 2.35. The maximum absolute atomic E-state index is 13.0. The van der Waals surface area contributed by atoms with Gasteiger partial charge in [-0.1, -0.05) is 28.1 Å². The summed E-state index contributed by atoms with van der Waals surface area (Å²) in [6.07, 6.45) is 3.37. The van der Waals surface area contributed by atoms with Crippen LogP contribution in [0.15, 0.2) is 56.7 Å². The molecule has 0 unspecified atom stereocenters. The van der Waals surface area contributed by atoms with Crippen molar-refractivity contribution in [3.63, 3.8) is 0 Å². The Balaban J connectivity index is 1.70. The number of H-pyrrole nitrogens is 1. The van der Waals surface area contributed by atoms with E-state index in [2.05, 4.69) is 25.9 Å². The van der Waals surface area contributed by atoms with Crippen molar-refractivity contribution in [3.05, 3.63) is 80.1 Å². The Kier molecular flexibility index (Phi) is 4.08. The zero-order valence-electron chi connectivity index (χ0n) is 13.4. The van der Waals surface area contributed by atoms with Gasteiger partial charge in [-0.15, -0.1) is 0 Å². The second kappa shape index (κ2) is 6.42. The van der Waals surface area contributed by atoms with Gasteiger partial charge in [-0.05, 0) is 42.0 Å². The Morgan fingerprint density at radius 2 is 2.00 bits per heavy atom. The number of nitrogens with zero attached hydrogens (tertiary/aromatic N) is 2. The van der Waals surface area contributed by atoms with Crippen LogP contribution in [0, 0.1) is 5.82 Å². The first-order valence-electron chi connectivity index (χ1n) is 7.83. The van der Waals surface area contributed by atoms with Crippen molar-refractivity contribution in [1.29, 1.82) is 0 Å². The molecule has 0 saturated carbocycles. The highest BCUT2D eigenvalue weighted by atomic mass is 79.9. The molecule has 130 valence electrons. The molecule has 2 aromatic carbocycles. The lowest BCUT2D eigenvalue weighted by Crippen LogP contribution is -2.17. The van der Waals surface area contributed by atoms with E-state index in [-0.39, 0.29) is 18.2 Å². The van der Waals surface area contributed by atoms with Crippen LogP contribution in [0.4, 0.5) is 10.1 Å². The van der Waals surface area contributed by atoms with E-state index in [1.807, 2.05) is 18.2 Å². The fourth-order valence-electron chi connectivity index (χ4n) is 2.83. The van der Waals surface area contributed by atoms with Crippen LogP contribution >= 0.6 is 15.9 Å². The summed E-state index contributed by atoms with van der Waals surface area (Å²) in [5.74, 6) is -0.529. The number of aliphatic imine (C=N–C) groups is 1. The van der Waals surface area contributed by atoms with Crippen LogP contribution in [0.2, 0.25) is 0 Å². The molecule has 26 heavy (non-hydrogen) atoms. The molecule has 1 aliphatic heterocycles. The van der Waals surface area contributed by atoms with Crippen molar-refractivity contribution in [3.8, 4) is 5.88 Å². The van der Waals surface area contributed by atoms with E-state index >= 15 is 0 Å². The molecule has 0 fully saturated rings. The average Bonchev–Trinajstić information content (AvgIpc) is 3.13. The molecule has 1 aliphatic rings. The molecule has 3 aromatic rings. The topological polar surface area (TPSA) is 70.4 Å². The number of fused-ring (bicyclic) bond motifs is 1. The lowest BCUT2D eigenvalue weighted by Gasteiger charge is -2.04. The monoisotopic (exact) mass is 413 g/mol. The summed E-state index contributed by atoms with van der Waals surface area (Å²) in [6.45, 7) is 0.140. The van der Waals surface area contributed by atoms with Gasteiger partial charge >= 0.3 is 5.69 Å². The summed E-state index contributed by atoms with van der Waals surface area (Å²) < 4.78 is 15.1. The third kappa shape index (κ3) is 3.01. The quantitative estimate of drug-likeness (QED) is 0.678. The second-order valence-electron chi connectivity index (χ2n) is 5.90. The maximum Gasteiger partial charge on any atom is 0.329 e. The normalized spacial score (nSPS) is 14.2. The smallest absolute Gasteiger partial charge is 0.329 e. The lowest BCUT2D eigenvalue weighted by atomic mass is 10.1.